The van der Waals surface area contributed by atoms with Crippen LogP contribution in [-0.2, 0) is 0 Å². The number of piperazine rings is 1. The SMILES string of the molecule is Cc1ncnc2ccc(-c3sc(NC(=O)N4CCNCC4CC4CC4)nc3-c3cccc(C#N)c3)cc12. The van der Waals surface area contributed by atoms with Crippen molar-refractivity contribution >= 4 is 33.4 Å². The van der Waals surface area contributed by atoms with Gasteiger partial charge in [-0.3, -0.25) is 5.32 Å². The van der Waals surface area contributed by atoms with Gasteiger partial charge >= 0.3 is 6.03 Å². The summed E-state index contributed by atoms with van der Waals surface area (Å²) in [7, 11) is 0. The summed E-state index contributed by atoms with van der Waals surface area (Å²) in [5, 5.41) is 17.5. The van der Waals surface area contributed by atoms with Crippen LogP contribution in [-0.4, -0.2) is 51.6 Å². The Labute approximate surface area is 219 Å². The van der Waals surface area contributed by atoms with Crippen molar-refractivity contribution in [3.8, 4) is 27.8 Å². The number of hydrogen-bond donors (Lipinski definition) is 2. The second-order valence-corrected chi connectivity index (χ2v) is 10.7. The molecule has 2 aliphatic rings. The molecule has 186 valence electrons. The molecule has 4 aromatic rings. The molecule has 0 spiro atoms. The average Bonchev–Trinajstić information content (AvgIpc) is 3.65. The molecule has 1 atom stereocenters. The van der Waals surface area contributed by atoms with Gasteiger partial charge in [0.25, 0.3) is 0 Å². The Hall–Kier alpha value is -3.87. The van der Waals surface area contributed by atoms with E-state index in [-0.39, 0.29) is 12.1 Å². The van der Waals surface area contributed by atoms with Crippen molar-refractivity contribution in [1.82, 2.24) is 25.2 Å². The summed E-state index contributed by atoms with van der Waals surface area (Å²) in [6, 6.07) is 15.8. The van der Waals surface area contributed by atoms with Crippen LogP contribution in [0.15, 0.2) is 48.8 Å². The Balaban J connectivity index is 1.37. The summed E-state index contributed by atoms with van der Waals surface area (Å²) in [5.41, 5.74) is 4.88. The molecule has 2 aromatic carbocycles. The molecule has 8 nitrogen and oxygen atoms in total. The van der Waals surface area contributed by atoms with Crippen molar-refractivity contribution in [2.45, 2.75) is 32.2 Å². The molecule has 2 amide bonds. The third-order valence-corrected chi connectivity index (χ3v) is 8.14. The van der Waals surface area contributed by atoms with Crippen molar-refractivity contribution in [2.24, 2.45) is 5.92 Å². The van der Waals surface area contributed by atoms with E-state index in [0.29, 0.717) is 17.2 Å². The first kappa shape index (κ1) is 23.5. The number of nitrogens with zero attached hydrogens (tertiary/aromatic N) is 5. The molecule has 1 unspecified atom stereocenters. The standard InChI is InChI=1S/C28H27N7OS/c1-17-23-13-21(7-8-24(23)32-16-31-17)26-25(20-4-2-3-19(11-20)14-29)33-27(37-26)34-28(36)35-10-9-30-15-22(35)12-18-5-6-18/h2-4,7-8,11,13,16,18,22,30H,5-6,9-10,12,15H2,1H3,(H,33,34,36). The molecule has 2 N–H and O–H groups in total. The Morgan fingerprint density at radius 3 is 2.95 bits per heavy atom. The molecule has 9 heteroatoms. The molecule has 2 fully saturated rings. The van der Waals surface area contributed by atoms with Crippen LogP contribution in [0.2, 0.25) is 0 Å². The lowest BCUT2D eigenvalue weighted by Crippen LogP contribution is -2.55. The number of nitrogens with one attached hydrogen (secondary N) is 2. The smallest absolute Gasteiger partial charge is 0.319 e. The second kappa shape index (κ2) is 9.88. The van der Waals surface area contributed by atoms with E-state index in [1.54, 1.807) is 12.4 Å². The number of urea groups is 1. The van der Waals surface area contributed by atoms with E-state index in [4.69, 9.17) is 4.98 Å². The van der Waals surface area contributed by atoms with Gasteiger partial charge in [-0.2, -0.15) is 5.26 Å². The van der Waals surface area contributed by atoms with Gasteiger partial charge in [-0.25, -0.2) is 19.7 Å². The fourth-order valence-corrected chi connectivity index (χ4v) is 5.94. The Morgan fingerprint density at radius 1 is 1.22 bits per heavy atom. The van der Waals surface area contributed by atoms with Gasteiger partial charge in [-0.15, -0.1) is 0 Å². The minimum Gasteiger partial charge on any atom is -0.319 e. The number of fused-ring (bicyclic) bond motifs is 1. The van der Waals surface area contributed by atoms with Crippen LogP contribution in [0.3, 0.4) is 0 Å². The lowest BCUT2D eigenvalue weighted by Gasteiger charge is -2.36. The van der Waals surface area contributed by atoms with Crippen molar-refractivity contribution < 1.29 is 4.79 Å². The van der Waals surface area contributed by atoms with E-state index in [1.807, 2.05) is 42.2 Å². The lowest BCUT2D eigenvalue weighted by molar-refractivity contribution is 0.163. The summed E-state index contributed by atoms with van der Waals surface area (Å²) >= 11 is 1.45. The highest BCUT2D eigenvalue weighted by molar-refractivity contribution is 7.19. The van der Waals surface area contributed by atoms with Crippen molar-refractivity contribution in [1.29, 1.82) is 5.26 Å². The van der Waals surface area contributed by atoms with Crippen molar-refractivity contribution in [2.75, 3.05) is 25.0 Å². The van der Waals surface area contributed by atoms with Crippen LogP contribution in [0.1, 0.15) is 30.5 Å². The maximum absolute atomic E-state index is 13.4. The zero-order chi connectivity index (χ0) is 25.4. The molecule has 1 aliphatic carbocycles. The third-order valence-electron chi connectivity index (χ3n) is 7.12. The van der Waals surface area contributed by atoms with Gasteiger partial charge in [-0.1, -0.05) is 42.4 Å². The summed E-state index contributed by atoms with van der Waals surface area (Å²) in [5.74, 6) is 0.742. The number of nitriles is 1. The maximum atomic E-state index is 13.4. The number of aromatic nitrogens is 3. The fourth-order valence-electron chi connectivity index (χ4n) is 4.97. The lowest BCUT2D eigenvalue weighted by atomic mass is 10.0. The molecule has 0 bridgehead atoms. The highest BCUT2D eigenvalue weighted by Gasteiger charge is 2.33. The predicted octanol–water partition coefficient (Wildman–Crippen LogP) is 5.21. The molecule has 1 aliphatic heterocycles. The van der Waals surface area contributed by atoms with Crippen LogP contribution < -0.4 is 10.6 Å². The normalized spacial score (nSPS) is 17.5. The predicted molar refractivity (Wildman–Crippen MR) is 145 cm³/mol. The highest BCUT2D eigenvalue weighted by Crippen LogP contribution is 2.40. The summed E-state index contributed by atoms with van der Waals surface area (Å²) in [6.45, 7) is 4.28. The van der Waals surface area contributed by atoms with Gasteiger partial charge in [0.05, 0.1) is 27.7 Å². The molecule has 6 rings (SSSR count). The first-order valence-corrected chi connectivity index (χ1v) is 13.4. The summed E-state index contributed by atoms with van der Waals surface area (Å²) < 4.78 is 0. The second-order valence-electron chi connectivity index (χ2n) is 9.74. The largest absolute Gasteiger partial charge is 0.323 e. The van der Waals surface area contributed by atoms with Crippen LogP contribution in [0.4, 0.5) is 9.93 Å². The monoisotopic (exact) mass is 509 g/mol. The van der Waals surface area contributed by atoms with E-state index in [1.165, 1.54) is 24.2 Å². The number of carbonyl (C=O) groups is 1. The van der Waals surface area contributed by atoms with Gasteiger partial charge in [0, 0.05) is 42.3 Å². The van der Waals surface area contributed by atoms with Crippen LogP contribution in [0, 0.1) is 24.2 Å². The number of aryl methyl sites for hydroxylation is 1. The number of anilines is 1. The minimum atomic E-state index is -0.104. The maximum Gasteiger partial charge on any atom is 0.323 e. The summed E-state index contributed by atoms with van der Waals surface area (Å²) in [6.07, 6.45) is 5.16. The molecule has 37 heavy (non-hydrogen) atoms. The molecule has 1 saturated heterocycles. The van der Waals surface area contributed by atoms with Crippen LogP contribution >= 0.6 is 11.3 Å². The topological polar surface area (TPSA) is 107 Å². The average molecular weight is 510 g/mol. The van der Waals surface area contributed by atoms with E-state index in [2.05, 4.69) is 32.7 Å². The van der Waals surface area contributed by atoms with Crippen LogP contribution in [0.5, 0.6) is 0 Å². The zero-order valence-electron chi connectivity index (χ0n) is 20.6. The number of thiazole rings is 1. The van der Waals surface area contributed by atoms with Gasteiger partial charge < -0.3 is 10.2 Å². The van der Waals surface area contributed by atoms with E-state index in [0.717, 1.165) is 63.7 Å². The van der Waals surface area contributed by atoms with Crippen molar-refractivity contribution in [3.05, 3.63) is 60.0 Å². The van der Waals surface area contributed by atoms with Crippen molar-refractivity contribution in [3.63, 3.8) is 0 Å². The molecule has 1 saturated carbocycles. The Bertz CT molecular complexity index is 1520. The fraction of sp³-hybridized carbons (Fsp3) is 0.321. The quantitative estimate of drug-likeness (QED) is 0.383. The Kier molecular flexibility index (Phi) is 6.28. The minimum absolute atomic E-state index is 0.104. The zero-order valence-corrected chi connectivity index (χ0v) is 21.4. The van der Waals surface area contributed by atoms with Gasteiger partial charge in [0.1, 0.15) is 6.33 Å². The van der Waals surface area contributed by atoms with E-state index < -0.39 is 0 Å². The molecule has 2 aromatic heterocycles. The number of amides is 2. The molecular formula is C28H27N7OS. The summed E-state index contributed by atoms with van der Waals surface area (Å²) in [4.78, 5) is 29.9. The molecule has 0 radical (unpaired) electrons. The molecular weight excluding hydrogens is 482 g/mol. The number of rotatable bonds is 5. The number of hydrogen-bond acceptors (Lipinski definition) is 7. The molecule has 3 heterocycles. The van der Waals surface area contributed by atoms with Crippen LogP contribution in [0.25, 0.3) is 32.6 Å². The van der Waals surface area contributed by atoms with E-state index in [9.17, 15) is 10.1 Å². The van der Waals surface area contributed by atoms with E-state index >= 15 is 0 Å². The number of carbonyl (C=O) groups excluding carboxylic acids is 1. The van der Waals surface area contributed by atoms with Gasteiger partial charge in [0.15, 0.2) is 5.13 Å². The first-order valence-electron chi connectivity index (χ1n) is 12.6. The third kappa shape index (κ3) is 4.90. The Morgan fingerprint density at radius 2 is 2.11 bits per heavy atom. The van der Waals surface area contributed by atoms with Gasteiger partial charge in [0.2, 0.25) is 0 Å². The van der Waals surface area contributed by atoms with Gasteiger partial charge in [-0.05, 0) is 49.1 Å². The number of benzene rings is 2. The first-order chi connectivity index (χ1) is 18.1. The highest BCUT2D eigenvalue weighted by atomic mass is 32.1.